The van der Waals surface area contributed by atoms with Crippen LogP contribution in [0.25, 0.3) is 10.9 Å². The molecule has 1 aromatic heterocycles. The van der Waals surface area contributed by atoms with Crippen molar-refractivity contribution in [3.05, 3.63) is 40.0 Å². The van der Waals surface area contributed by atoms with Gasteiger partial charge in [-0.25, -0.2) is 4.98 Å². The molecule has 0 unspecified atom stereocenters. The Morgan fingerprint density at radius 3 is 3.00 bits per heavy atom. The van der Waals surface area contributed by atoms with Crippen molar-refractivity contribution < 1.29 is 6.64 Å². The average molecular weight is 236 g/mol. The Balaban J connectivity index is 2.67. The highest BCUT2D eigenvalue weighted by Gasteiger charge is 2.06. The fourth-order valence-electron chi connectivity index (χ4n) is 1.79. The van der Waals surface area contributed by atoms with E-state index in [0.29, 0.717) is 10.7 Å². The molecular formula is C12H11ClN2O. The number of aryl methyl sites for hydroxylation is 2. The third-order valence-corrected chi connectivity index (χ3v) is 2.73. The minimum atomic E-state index is 0.352. The van der Waals surface area contributed by atoms with Crippen molar-refractivity contribution in [3.63, 3.8) is 0 Å². The summed E-state index contributed by atoms with van der Waals surface area (Å²) in [6.45, 7) is 4.03. The number of oxime groups is 1. The Hall–Kier alpha value is -1.61. The molecule has 0 saturated carbocycles. The van der Waals surface area contributed by atoms with E-state index in [-0.39, 0.29) is 0 Å². The highest BCUT2D eigenvalue weighted by molar-refractivity contribution is 6.32. The predicted molar refractivity (Wildman–Crippen MR) is 65.6 cm³/mol. The SMILES string of the molecule is [2H]ON=Cc1cc2cc(C)cc(C)c2nc1Cl. The van der Waals surface area contributed by atoms with Gasteiger partial charge in [-0.15, -0.1) is 0 Å². The Kier molecular flexibility index (Phi) is 2.46. The minimum Gasteiger partial charge on any atom is -0.411 e. The molecule has 0 spiro atoms. The standard InChI is InChI=1S/C12H11ClN2O/c1-7-3-8(2)11-9(4-7)5-10(6-14-16)12(13)15-11/h3-6,16H,1-2H3/i/hD. The number of pyridine rings is 1. The van der Waals surface area contributed by atoms with Gasteiger partial charge in [0.2, 0.25) is 0 Å². The van der Waals surface area contributed by atoms with E-state index in [0.717, 1.165) is 16.5 Å². The maximum Gasteiger partial charge on any atom is 0.330 e. The number of rotatable bonds is 2. The lowest BCUT2D eigenvalue weighted by atomic mass is 10.1. The maximum atomic E-state index is 6.49. The summed E-state index contributed by atoms with van der Waals surface area (Å²) in [5.41, 5.74) is 3.77. The van der Waals surface area contributed by atoms with Crippen LogP contribution in [0.4, 0.5) is 0 Å². The van der Waals surface area contributed by atoms with Gasteiger partial charge in [0.15, 0.2) is 0 Å². The summed E-state index contributed by atoms with van der Waals surface area (Å²) in [5.74, 6) is 0. The number of halogens is 1. The lowest BCUT2D eigenvalue weighted by Gasteiger charge is -2.05. The summed E-state index contributed by atoms with van der Waals surface area (Å²) in [6, 6.07) is 5.98. The van der Waals surface area contributed by atoms with Crippen LogP contribution < -0.4 is 0 Å². The highest BCUT2D eigenvalue weighted by Crippen LogP contribution is 2.23. The second kappa shape index (κ2) is 4.10. The number of aromatic nitrogens is 1. The number of hydrogen-bond donors (Lipinski definition) is 1. The molecule has 1 heterocycles. The second-order valence-electron chi connectivity index (χ2n) is 3.76. The van der Waals surface area contributed by atoms with Gasteiger partial charge in [-0.1, -0.05) is 28.4 Å². The molecule has 3 nitrogen and oxygen atoms in total. The Labute approximate surface area is 99.9 Å². The average Bonchev–Trinajstić information content (AvgIpc) is 2.27. The smallest absolute Gasteiger partial charge is 0.330 e. The summed E-state index contributed by atoms with van der Waals surface area (Å²) < 4.78 is 6.49. The van der Waals surface area contributed by atoms with Crippen LogP contribution >= 0.6 is 11.6 Å². The van der Waals surface area contributed by atoms with Crippen LogP contribution in [0.15, 0.2) is 23.4 Å². The topological polar surface area (TPSA) is 45.5 Å². The zero-order chi connectivity index (χ0) is 12.4. The van der Waals surface area contributed by atoms with Crippen molar-refractivity contribution in [1.29, 1.82) is 0 Å². The molecule has 0 atom stereocenters. The van der Waals surface area contributed by atoms with Crippen LogP contribution in [-0.2, 0) is 0 Å². The Morgan fingerprint density at radius 1 is 1.44 bits per heavy atom. The predicted octanol–water partition coefficient (Wildman–Crippen LogP) is 3.31. The zero-order valence-electron chi connectivity index (χ0n) is 9.99. The summed E-state index contributed by atoms with van der Waals surface area (Å²) in [6.07, 6.45) is 1.37. The van der Waals surface area contributed by atoms with Crippen LogP contribution in [0.3, 0.4) is 0 Å². The van der Waals surface area contributed by atoms with Gasteiger partial charge in [0.1, 0.15) is 5.15 Å². The molecule has 1 N–H and O–H groups in total. The van der Waals surface area contributed by atoms with Gasteiger partial charge in [-0.2, -0.15) is 0 Å². The van der Waals surface area contributed by atoms with E-state index in [4.69, 9.17) is 13.0 Å². The van der Waals surface area contributed by atoms with Crippen molar-refractivity contribution in [2.45, 2.75) is 13.8 Å². The molecule has 0 amide bonds. The molecule has 0 fully saturated rings. The molecule has 2 rings (SSSR count). The zero-order valence-corrected chi connectivity index (χ0v) is 9.75. The largest absolute Gasteiger partial charge is 0.411 e. The fraction of sp³-hybridized carbons (Fsp3) is 0.167. The van der Waals surface area contributed by atoms with Gasteiger partial charge >= 0.3 is 1.43 Å². The van der Waals surface area contributed by atoms with E-state index in [1.54, 1.807) is 0 Å². The van der Waals surface area contributed by atoms with Crippen LogP contribution in [0.5, 0.6) is 0 Å². The number of benzene rings is 1. The summed E-state index contributed by atoms with van der Waals surface area (Å²) in [5, 5.41) is 8.62. The van der Waals surface area contributed by atoms with E-state index in [1.807, 2.05) is 26.0 Å². The van der Waals surface area contributed by atoms with Gasteiger partial charge in [0, 0.05) is 10.9 Å². The van der Waals surface area contributed by atoms with Crippen LogP contribution in [0.1, 0.15) is 16.7 Å². The van der Waals surface area contributed by atoms with Crippen molar-refractivity contribution in [1.82, 2.24) is 4.98 Å². The fourth-order valence-corrected chi connectivity index (χ4v) is 1.98. The third kappa shape index (κ3) is 1.86. The summed E-state index contributed by atoms with van der Waals surface area (Å²) >= 11 is 6.03. The molecule has 82 valence electrons. The first-order chi connectivity index (χ1) is 8.11. The van der Waals surface area contributed by atoms with Gasteiger partial charge in [0.05, 0.1) is 11.7 Å². The van der Waals surface area contributed by atoms with Crippen LogP contribution in [-0.4, -0.2) is 16.4 Å². The van der Waals surface area contributed by atoms with E-state index in [2.05, 4.69) is 21.4 Å². The number of nitrogens with zero attached hydrogens (tertiary/aromatic N) is 2. The molecule has 2 aromatic rings. The van der Waals surface area contributed by atoms with E-state index in [1.165, 1.54) is 11.8 Å². The second-order valence-corrected chi connectivity index (χ2v) is 4.11. The summed E-state index contributed by atoms with van der Waals surface area (Å²) in [4.78, 5) is 4.33. The number of hydrogen-bond acceptors (Lipinski definition) is 3. The Morgan fingerprint density at radius 2 is 2.25 bits per heavy atom. The molecule has 0 aliphatic heterocycles. The van der Waals surface area contributed by atoms with Crippen LogP contribution in [0.2, 0.25) is 6.58 Å². The summed E-state index contributed by atoms with van der Waals surface area (Å²) in [7, 11) is 0. The molecule has 1 aromatic carbocycles. The molecule has 0 saturated heterocycles. The minimum absolute atomic E-state index is 0.352. The van der Waals surface area contributed by atoms with Crippen molar-refractivity contribution >= 4 is 28.7 Å². The first-order valence-corrected chi connectivity index (χ1v) is 5.23. The Bertz CT molecular complexity index is 599. The lowest BCUT2D eigenvalue weighted by molar-refractivity contribution is 0.322. The van der Waals surface area contributed by atoms with Crippen LogP contribution in [0, 0.1) is 13.8 Å². The first kappa shape index (κ1) is 9.60. The monoisotopic (exact) mass is 235 g/mol. The molecule has 4 heteroatoms. The molecule has 0 aliphatic carbocycles. The van der Waals surface area contributed by atoms with Gasteiger partial charge < -0.3 is 5.21 Å². The first-order valence-electron chi connectivity index (χ1n) is 5.26. The molecule has 16 heavy (non-hydrogen) atoms. The van der Waals surface area contributed by atoms with Crippen molar-refractivity contribution in [2.75, 3.05) is 0 Å². The highest BCUT2D eigenvalue weighted by atomic mass is 35.5. The quantitative estimate of drug-likeness (QED) is 0.376. The van der Waals surface area contributed by atoms with E-state index in [9.17, 15) is 0 Å². The molecule has 0 radical (unpaired) electrons. The molecule has 0 bridgehead atoms. The molecule has 0 aliphatic rings. The van der Waals surface area contributed by atoms with Gasteiger partial charge in [-0.05, 0) is 31.5 Å². The lowest BCUT2D eigenvalue weighted by Crippen LogP contribution is -1.92. The normalized spacial score (nSPS) is 12.1. The van der Waals surface area contributed by atoms with Gasteiger partial charge in [-0.3, -0.25) is 0 Å². The van der Waals surface area contributed by atoms with E-state index < -0.39 is 0 Å². The number of fused-ring (bicyclic) bond motifs is 1. The van der Waals surface area contributed by atoms with Gasteiger partial charge in [0.25, 0.3) is 0 Å². The van der Waals surface area contributed by atoms with E-state index >= 15 is 0 Å². The maximum absolute atomic E-state index is 6.49. The van der Waals surface area contributed by atoms with Crippen molar-refractivity contribution in [2.24, 2.45) is 5.16 Å². The van der Waals surface area contributed by atoms with Crippen molar-refractivity contribution in [3.8, 4) is 0 Å². The third-order valence-electron chi connectivity index (χ3n) is 2.43. The molecular weight excluding hydrogens is 224 g/mol.